The van der Waals surface area contributed by atoms with Crippen LogP contribution in [0.15, 0.2) is 24.3 Å². The SMILES string of the molecule is O=CN1CCN(CC(=O)Nc2ccc(Cl)cc2)CC1. The highest BCUT2D eigenvalue weighted by atomic mass is 35.5. The summed E-state index contributed by atoms with van der Waals surface area (Å²) in [5, 5.41) is 3.46. The van der Waals surface area contributed by atoms with Crippen LogP contribution in [-0.2, 0) is 9.59 Å². The first-order valence-corrected chi connectivity index (χ1v) is 6.52. The fourth-order valence-corrected chi connectivity index (χ4v) is 2.09. The van der Waals surface area contributed by atoms with Crippen LogP contribution >= 0.6 is 11.6 Å². The predicted octanol–water partition coefficient (Wildman–Crippen LogP) is 1.05. The Morgan fingerprint density at radius 2 is 1.84 bits per heavy atom. The number of carbonyl (C=O) groups excluding carboxylic acids is 2. The number of nitrogens with one attached hydrogen (secondary N) is 1. The van der Waals surface area contributed by atoms with E-state index in [1.54, 1.807) is 29.2 Å². The van der Waals surface area contributed by atoms with Gasteiger partial charge >= 0.3 is 0 Å². The number of nitrogens with zero attached hydrogens (tertiary/aromatic N) is 2. The monoisotopic (exact) mass is 281 g/mol. The molecular weight excluding hydrogens is 266 g/mol. The molecule has 5 nitrogen and oxygen atoms in total. The summed E-state index contributed by atoms with van der Waals surface area (Å²) in [7, 11) is 0. The molecule has 1 heterocycles. The lowest BCUT2D eigenvalue weighted by atomic mass is 10.3. The number of amides is 2. The molecule has 0 aromatic heterocycles. The standard InChI is InChI=1S/C13H16ClN3O2/c14-11-1-3-12(4-2-11)15-13(19)9-16-5-7-17(10-18)8-6-16/h1-4,10H,5-9H2,(H,15,19). The van der Waals surface area contributed by atoms with E-state index in [0.29, 0.717) is 24.7 Å². The van der Waals surface area contributed by atoms with Crippen molar-refractivity contribution in [2.45, 2.75) is 0 Å². The van der Waals surface area contributed by atoms with Gasteiger partial charge in [-0.1, -0.05) is 11.6 Å². The molecule has 1 aliphatic heterocycles. The summed E-state index contributed by atoms with van der Waals surface area (Å²) < 4.78 is 0. The fourth-order valence-electron chi connectivity index (χ4n) is 1.96. The lowest BCUT2D eigenvalue weighted by Gasteiger charge is -2.31. The van der Waals surface area contributed by atoms with Crippen molar-refractivity contribution in [3.05, 3.63) is 29.3 Å². The van der Waals surface area contributed by atoms with E-state index in [1.807, 2.05) is 4.90 Å². The molecule has 0 saturated carbocycles. The van der Waals surface area contributed by atoms with Crippen LogP contribution in [0.3, 0.4) is 0 Å². The molecule has 1 N–H and O–H groups in total. The molecular formula is C13H16ClN3O2. The van der Waals surface area contributed by atoms with E-state index in [0.717, 1.165) is 25.2 Å². The number of piperazine rings is 1. The van der Waals surface area contributed by atoms with Crippen LogP contribution in [0.25, 0.3) is 0 Å². The van der Waals surface area contributed by atoms with Crippen LogP contribution in [0, 0.1) is 0 Å². The zero-order valence-electron chi connectivity index (χ0n) is 10.5. The molecule has 6 heteroatoms. The zero-order valence-corrected chi connectivity index (χ0v) is 11.3. The molecule has 102 valence electrons. The maximum atomic E-state index is 11.8. The highest BCUT2D eigenvalue weighted by Crippen LogP contribution is 2.13. The molecule has 1 aliphatic rings. The van der Waals surface area contributed by atoms with Gasteiger partial charge in [-0.3, -0.25) is 14.5 Å². The van der Waals surface area contributed by atoms with Crippen LogP contribution in [0.5, 0.6) is 0 Å². The molecule has 0 atom stereocenters. The Morgan fingerprint density at radius 3 is 2.42 bits per heavy atom. The van der Waals surface area contributed by atoms with E-state index >= 15 is 0 Å². The topological polar surface area (TPSA) is 52.7 Å². The minimum Gasteiger partial charge on any atom is -0.343 e. The second-order valence-corrected chi connectivity index (χ2v) is 4.91. The number of rotatable bonds is 4. The van der Waals surface area contributed by atoms with E-state index in [2.05, 4.69) is 5.32 Å². The van der Waals surface area contributed by atoms with Crippen LogP contribution in [0.2, 0.25) is 5.02 Å². The van der Waals surface area contributed by atoms with Crippen molar-refractivity contribution in [1.82, 2.24) is 9.80 Å². The van der Waals surface area contributed by atoms with Crippen LogP contribution in [0.4, 0.5) is 5.69 Å². The Hall–Kier alpha value is -1.59. The van der Waals surface area contributed by atoms with Gasteiger partial charge in [-0.25, -0.2) is 0 Å². The molecule has 1 aromatic rings. The third-order valence-electron chi connectivity index (χ3n) is 3.05. The van der Waals surface area contributed by atoms with E-state index in [1.165, 1.54) is 0 Å². The molecule has 0 bridgehead atoms. The summed E-state index contributed by atoms with van der Waals surface area (Å²) in [6, 6.07) is 7.01. The van der Waals surface area contributed by atoms with Crippen molar-refractivity contribution in [1.29, 1.82) is 0 Å². The Morgan fingerprint density at radius 1 is 1.21 bits per heavy atom. The molecule has 0 unspecified atom stereocenters. The molecule has 0 aliphatic carbocycles. The highest BCUT2D eigenvalue weighted by Gasteiger charge is 2.17. The van der Waals surface area contributed by atoms with Gasteiger partial charge in [0.15, 0.2) is 0 Å². The van der Waals surface area contributed by atoms with Crippen molar-refractivity contribution in [3.63, 3.8) is 0 Å². The van der Waals surface area contributed by atoms with Gasteiger partial charge in [0.2, 0.25) is 12.3 Å². The first-order valence-electron chi connectivity index (χ1n) is 6.14. The van der Waals surface area contributed by atoms with Crippen molar-refractivity contribution >= 4 is 29.6 Å². The lowest BCUT2D eigenvalue weighted by molar-refractivity contribution is -0.120. The highest BCUT2D eigenvalue weighted by molar-refractivity contribution is 6.30. The summed E-state index contributed by atoms with van der Waals surface area (Å²) >= 11 is 5.78. The minimum absolute atomic E-state index is 0.0538. The van der Waals surface area contributed by atoms with Gasteiger partial charge in [0, 0.05) is 36.9 Å². The molecule has 2 rings (SSSR count). The number of halogens is 1. The van der Waals surface area contributed by atoms with Crippen LogP contribution < -0.4 is 5.32 Å². The summed E-state index contributed by atoms with van der Waals surface area (Å²) in [6.45, 7) is 3.16. The van der Waals surface area contributed by atoms with E-state index in [4.69, 9.17) is 11.6 Å². The molecule has 1 aromatic carbocycles. The minimum atomic E-state index is -0.0538. The van der Waals surface area contributed by atoms with Crippen molar-refractivity contribution in [2.75, 3.05) is 38.0 Å². The number of anilines is 1. The third kappa shape index (κ3) is 4.22. The molecule has 1 fully saturated rings. The molecule has 1 saturated heterocycles. The smallest absolute Gasteiger partial charge is 0.238 e. The number of hydrogen-bond donors (Lipinski definition) is 1. The largest absolute Gasteiger partial charge is 0.343 e. The zero-order chi connectivity index (χ0) is 13.7. The molecule has 19 heavy (non-hydrogen) atoms. The first-order chi connectivity index (χ1) is 9.17. The second-order valence-electron chi connectivity index (χ2n) is 4.47. The van der Waals surface area contributed by atoms with Crippen LogP contribution in [0.1, 0.15) is 0 Å². The lowest BCUT2D eigenvalue weighted by Crippen LogP contribution is -2.48. The quantitative estimate of drug-likeness (QED) is 0.840. The fraction of sp³-hybridized carbons (Fsp3) is 0.385. The first kappa shape index (κ1) is 13.8. The summed E-state index contributed by atoms with van der Waals surface area (Å²) in [5.41, 5.74) is 0.737. The molecule has 0 radical (unpaired) electrons. The molecule has 0 spiro atoms. The van der Waals surface area contributed by atoms with Crippen molar-refractivity contribution in [3.8, 4) is 0 Å². The predicted molar refractivity (Wildman–Crippen MR) is 74.2 cm³/mol. The molecule has 2 amide bonds. The van der Waals surface area contributed by atoms with Gasteiger partial charge in [0.05, 0.1) is 6.54 Å². The van der Waals surface area contributed by atoms with E-state index in [9.17, 15) is 9.59 Å². The Labute approximate surface area is 117 Å². The van der Waals surface area contributed by atoms with Crippen molar-refractivity contribution in [2.24, 2.45) is 0 Å². The van der Waals surface area contributed by atoms with Crippen LogP contribution in [-0.4, -0.2) is 54.8 Å². The average molecular weight is 282 g/mol. The van der Waals surface area contributed by atoms with Gasteiger partial charge < -0.3 is 10.2 Å². The van der Waals surface area contributed by atoms with Gasteiger partial charge in [-0.05, 0) is 24.3 Å². The van der Waals surface area contributed by atoms with Gasteiger partial charge in [-0.15, -0.1) is 0 Å². The number of benzene rings is 1. The maximum Gasteiger partial charge on any atom is 0.238 e. The van der Waals surface area contributed by atoms with E-state index in [-0.39, 0.29) is 5.91 Å². The summed E-state index contributed by atoms with van der Waals surface area (Å²) in [6.07, 6.45) is 0.852. The normalized spacial score (nSPS) is 16.2. The maximum absolute atomic E-state index is 11.8. The number of carbonyl (C=O) groups is 2. The van der Waals surface area contributed by atoms with Crippen molar-refractivity contribution < 1.29 is 9.59 Å². The second kappa shape index (κ2) is 6.54. The van der Waals surface area contributed by atoms with Gasteiger partial charge in [0.25, 0.3) is 0 Å². The summed E-state index contributed by atoms with van der Waals surface area (Å²) in [4.78, 5) is 26.2. The van der Waals surface area contributed by atoms with E-state index < -0.39 is 0 Å². The van der Waals surface area contributed by atoms with Gasteiger partial charge in [-0.2, -0.15) is 0 Å². The Kier molecular flexibility index (Phi) is 4.76. The third-order valence-corrected chi connectivity index (χ3v) is 3.30. The number of hydrogen-bond acceptors (Lipinski definition) is 3. The Bertz CT molecular complexity index is 442. The summed E-state index contributed by atoms with van der Waals surface area (Å²) in [5.74, 6) is -0.0538. The van der Waals surface area contributed by atoms with Gasteiger partial charge in [0.1, 0.15) is 0 Å². The average Bonchev–Trinajstić information content (AvgIpc) is 2.42. The Balaban J connectivity index is 1.78.